The molecule has 2 aromatic carbocycles. The normalized spacial score (nSPS) is 11.2. The third-order valence-corrected chi connectivity index (χ3v) is 6.76. The second-order valence-corrected chi connectivity index (χ2v) is 10.8. The third kappa shape index (κ3) is 19.6. The standard InChI is InChI=1S/C33H44F5N3O15/c34-28-29(35)31(37)33(32(38)30(28)36)56-27(42)3-5-47-7-9-49-11-13-51-15-17-53-19-21-55-22-20-54-18-16-52-14-12-50-10-8-48-6-4-39-25-2-1-24(40(43)44)23-26(25)41(45)46/h1-2,23,39H,3-22H2. The molecule has 0 aliphatic rings. The summed E-state index contributed by atoms with van der Waals surface area (Å²) in [6.45, 7) is 5.29. The number of benzene rings is 2. The summed E-state index contributed by atoms with van der Waals surface area (Å²) >= 11 is 0. The Kier molecular flexibility index (Phi) is 24.9. The molecule has 56 heavy (non-hydrogen) atoms. The molecular formula is C33H44F5N3O15. The summed E-state index contributed by atoms with van der Waals surface area (Å²) in [5, 5.41) is 24.8. The van der Waals surface area contributed by atoms with E-state index in [2.05, 4.69) is 10.1 Å². The molecule has 0 saturated carbocycles. The minimum atomic E-state index is -2.36. The maximum Gasteiger partial charge on any atom is 0.313 e. The Morgan fingerprint density at radius 2 is 0.875 bits per heavy atom. The second kappa shape index (κ2) is 29.1. The zero-order valence-electron chi connectivity index (χ0n) is 30.3. The number of nitro groups is 2. The van der Waals surface area contributed by atoms with Gasteiger partial charge in [0.2, 0.25) is 34.8 Å². The number of anilines is 1. The summed E-state index contributed by atoms with van der Waals surface area (Å²) in [4.78, 5) is 32.2. The highest BCUT2D eigenvalue weighted by molar-refractivity contribution is 5.72. The number of nitrogens with zero attached hydrogens (tertiary/aromatic N) is 2. The van der Waals surface area contributed by atoms with Gasteiger partial charge in [0.05, 0.1) is 141 Å². The Hall–Kier alpha value is -4.20. The fourth-order valence-electron chi connectivity index (χ4n) is 4.05. The highest BCUT2D eigenvalue weighted by Crippen LogP contribution is 2.30. The van der Waals surface area contributed by atoms with Gasteiger partial charge in [-0.05, 0) is 6.07 Å². The Labute approximate surface area is 317 Å². The molecule has 0 spiro atoms. The number of rotatable bonds is 34. The molecule has 0 atom stereocenters. The second-order valence-electron chi connectivity index (χ2n) is 10.8. The molecule has 0 aliphatic heterocycles. The molecule has 0 saturated heterocycles. The summed E-state index contributed by atoms with van der Waals surface area (Å²) in [7, 11) is 0. The van der Waals surface area contributed by atoms with Gasteiger partial charge in [-0.15, -0.1) is 0 Å². The smallest absolute Gasteiger partial charge is 0.313 e. The molecule has 0 aliphatic carbocycles. The first-order valence-corrected chi connectivity index (χ1v) is 17.1. The van der Waals surface area contributed by atoms with Crippen molar-refractivity contribution >= 4 is 23.0 Å². The lowest BCUT2D eigenvalue weighted by molar-refractivity contribution is -0.393. The van der Waals surface area contributed by atoms with E-state index < -0.39 is 62.8 Å². The van der Waals surface area contributed by atoms with Crippen LogP contribution in [0.25, 0.3) is 0 Å². The van der Waals surface area contributed by atoms with E-state index in [-0.39, 0.29) is 57.6 Å². The van der Waals surface area contributed by atoms with E-state index in [1.807, 2.05) is 0 Å². The van der Waals surface area contributed by atoms with Gasteiger partial charge >= 0.3 is 5.97 Å². The van der Waals surface area contributed by atoms with E-state index >= 15 is 0 Å². The number of esters is 1. The van der Waals surface area contributed by atoms with Gasteiger partial charge in [0.25, 0.3) is 11.4 Å². The van der Waals surface area contributed by atoms with Gasteiger partial charge in [-0.3, -0.25) is 25.0 Å². The summed E-state index contributed by atoms with van der Waals surface area (Å²) in [5.74, 6) is -14.2. The van der Waals surface area contributed by atoms with Crippen LogP contribution in [0, 0.1) is 49.3 Å². The molecule has 2 aromatic rings. The molecule has 0 bridgehead atoms. The summed E-state index contributed by atoms with van der Waals surface area (Å²) in [5.41, 5.74) is -0.600. The molecule has 1 N–H and O–H groups in total. The summed E-state index contributed by atoms with van der Waals surface area (Å²) in [6.07, 6.45) is -0.503. The van der Waals surface area contributed by atoms with Crippen molar-refractivity contribution in [2.75, 3.05) is 131 Å². The van der Waals surface area contributed by atoms with Gasteiger partial charge in [0.1, 0.15) is 5.69 Å². The van der Waals surface area contributed by atoms with E-state index in [1.54, 1.807) is 0 Å². The largest absolute Gasteiger partial charge is 0.420 e. The van der Waals surface area contributed by atoms with E-state index in [9.17, 15) is 47.0 Å². The van der Waals surface area contributed by atoms with Gasteiger partial charge in [0, 0.05) is 12.6 Å². The van der Waals surface area contributed by atoms with Gasteiger partial charge in [-0.25, -0.2) is 13.2 Å². The van der Waals surface area contributed by atoms with Gasteiger partial charge in [0.15, 0.2) is 0 Å². The minimum absolute atomic E-state index is 0.0607. The maximum atomic E-state index is 13.5. The molecule has 23 heteroatoms. The van der Waals surface area contributed by atoms with E-state index in [0.29, 0.717) is 79.3 Å². The van der Waals surface area contributed by atoms with Gasteiger partial charge in [-0.1, -0.05) is 0 Å². The van der Waals surface area contributed by atoms with E-state index in [4.69, 9.17) is 42.6 Å². The van der Waals surface area contributed by atoms with Gasteiger partial charge < -0.3 is 52.7 Å². The highest BCUT2D eigenvalue weighted by Gasteiger charge is 2.28. The molecule has 18 nitrogen and oxygen atoms in total. The van der Waals surface area contributed by atoms with Crippen molar-refractivity contribution < 1.29 is 84.0 Å². The van der Waals surface area contributed by atoms with E-state index in [0.717, 1.165) is 6.07 Å². The van der Waals surface area contributed by atoms with Crippen molar-refractivity contribution in [1.82, 2.24) is 0 Å². The summed E-state index contributed by atoms with van der Waals surface area (Å²) < 4.78 is 119. The Morgan fingerprint density at radius 1 is 0.518 bits per heavy atom. The minimum Gasteiger partial charge on any atom is -0.420 e. The molecule has 0 radical (unpaired) electrons. The Balaban J connectivity index is 1.26. The number of hydrogen-bond donors (Lipinski definition) is 1. The molecule has 0 aromatic heterocycles. The lowest BCUT2D eigenvalue weighted by Crippen LogP contribution is -2.16. The zero-order valence-corrected chi connectivity index (χ0v) is 30.3. The first-order chi connectivity index (χ1) is 27.0. The fraction of sp³-hybridized carbons (Fsp3) is 0.606. The van der Waals surface area contributed by atoms with Crippen molar-refractivity contribution in [3.8, 4) is 5.75 Å². The van der Waals surface area contributed by atoms with Gasteiger partial charge in [-0.2, -0.15) is 8.78 Å². The molecular weight excluding hydrogens is 773 g/mol. The number of ether oxygens (including phenoxy) is 10. The predicted molar refractivity (Wildman–Crippen MR) is 182 cm³/mol. The SMILES string of the molecule is O=C(CCOCCOCCOCCOCCOCCOCCOCCOCCOCCNc1ccc([N+](=O)[O-])cc1[N+](=O)[O-])Oc1c(F)c(F)c(F)c(F)c1F. The molecule has 0 amide bonds. The number of nitro benzene ring substituents is 2. The first kappa shape index (κ1) is 48.0. The fourth-order valence-corrected chi connectivity index (χ4v) is 4.05. The van der Waals surface area contributed by atoms with Crippen LogP contribution < -0.4 is 10.1 Å². The lowest BCUT2D eigenvalue weighted by Gasteiger charge is -2.09. The van der Waals surface area contributed by atoms with Crippen molar-refractivity contribution in [3.63, 3.8) is 0 Å². The molecule has 0 heterocycles. The summed E-state index contributed by atoms with van der Waals surface area (Å²) in [6, 6.07) is 3.36. The van der Waals surface area contributed by atoms with Crippen LogP contribution in [0.5, 0.6) is 5.75 Å². The van der Waals surface area contributed by atoms with Crippen molar-refractivity contribution in [2.24, 2.45) is 0 Å². The number of non-ortho nitro benzene ring substituents is 1. The van der Waals surface area contributed by atoms with Crippen molar-refractivity contribution in [2.45, 2.75) is 6.42 Å². The topological polar surface area (TPSA) is 208 Å². The van der Waals surface area contributed by atoms with E-state index in [1.165, 1.54) is 12.1 Å². The van der Waals surface area contributed by atoms with Crippen LogP contribution in [0.4, 0.5) is 39.0 Å². The zero-order chi connectivity index (χ0) is 41.0. The number of halogens is 5. The number of nitrogens with one attached hydrogen (secondary N) is 1. The number of carbonyl (C=O) groups excluding carboxylic acids is 1. The third-order valence-electron chi connectivity index (χ3n) is 6.76. The first-order valence-electron chi connectivity index (χ1n) is 17.1. The van der Waals surface area contributed by atoms with Crippen LogP contribution in [0.1, 0.15) is 6.42 Å². The lowest BCUT2D eigenvalue weighted by atomic mass is 10.2. The van der Waals surface area contributed by atoms with Crippen LogP contribution in [0.2, 0.25) is 0 Å². The quantitative estimate of drug-likeness (QED) is 0.0156. The number of hydrogen-bond acceptors (Lipinski definition) is 16. The number of carbonyl (C=O) groups is 1. The molecule has 2 rings (SSSR count). The highest BCUT2D eigenvalue weighted by atomic mass is 19.2. The molecule has 0 fully saturated rings. The van der Waals surface area contributed by atoms with Crippen LogP contribution >= 0.6 is 0 Å². The van der Waals surface area contributed by atoms with Crippen molar-refractivity contribution in [1.29, 1.82) is 0 Å². The Morgan fingerprint density at radius 3 is 1.25 bits per heavy atom. The van der Waals surface area contributed by atoms with Crippen LogP contribution in [-0.2, 0) is 47.4 Å². The average Bonchev–Trinajstić information content (AvgIpc) is 3.18. The maximum absolute atomic E-state index is 13.5. The molecule has 0 unspecified atom stereocenters. The van der Waals surface area contributed by atoms with Crippen LogP contribution in [0.3, 0.4) is 0 Å². The van der Waals surface area contributed by atoms with Crippen LogP contribution in [0.15, 0.2) is 18.2 Å². The monoisotopic (exact) mass is 817 g/mol. The van der Waals surface area contributed by atoms with Crippen LogP contribution in [-0.4, -0.2) is 141 Å². The predicted octanol–water partition coefficient (Wildman–Crippen LogP) is 3.76. The van der Waals surface area contributed by atoms with Crippen molar-refractivity contribution in [3.05, 3.63) is 67.5 Å². The molecule has 316 valence electrons. The average molecular weight is 818 g/mol. The Bertz CT molecular complexity index is 1450.